The number of fused-ring (bicyclic) bond motifs is 1. The van der Waals surface area contributed by atoms with Crippen LogP contribution in [0, 0.1) is 0 Å². The lowest BCUT2D eigenvalue weighted by atomic mass is 9.97. The molecule has 0 saturated carbocycles. The normalized spacial score (nSPS) is 21.2. The highest BCUT2D eigenvalue weighted by Gasteiger charge is 2.16. The topological polar surface area (TPSA) is 9.23 Å². The molecule has 0 spiro atoms. The molecule has 0 saturated heterocycles. The maximum absolute atomic E-state index is 5.96. The lowest BCUT2D eigenvalue weighted by Gasteiger charge is -2.18. The second-order valence-corrected chi connectivity index (χ2v) is 3.22. The van der Waals surface area contributed by atoms with Crippen LogP contribution < -0.4 is 0 Å². The molecule has 0 N–H and O–H groups in total. The monoisotopic (exact) mass is 180 g/mol. The van der Waals surface area contributed by atoms with Crippen molar-refractivity contribution in [1.82, 2.24) is 0 Å². The van der Waals surface area contributed by atoms with Crippen molar-refractivity contribution in [2.45, 2.75) is 13.3 Å². The number of ether oxygens (including phenoxy) is 1. The molecule has 0 bridgehead atoms. The van der Waals surface area contributed by atoms with E-state index in [9.17, 15) is 0 Å². The van der Waals surface area contributed by atoms with E-state index in [4.69, 9.17) is 16.3 Å². The summed E-state index contributed by atoms with van der Waals surface area (Å²) in [5.41, 5.74) is 2.21. The molecular weight excluding hydrogens is 172 g/mol. The van der Waals surface area contributed by atoms with Gasteiger partial charge in [-0.3, -0.25) is 0 Å². The molecule has 1 aliphatic carbocycles. The number of halogens is 1. The molecule has 0 radical (unpaired) electrons. The Hall–Kier alpha value is -0.950. The van der Waals surface area contributed by atoms with Gasteiger partial charge in [0.15, 0.2) is 0 Å². The summed E-state index contributed by atoms with van der Waals surface area (Å²) < 4.78 is 5.25. The van der Waals surface area contributed by atoms with Gasteiger partial charge in [0, 0.05) is 11.1 Å². The molecule has 0 amide bonds. The first kappa shape index (κ1) is 7.69. The standard InChI is InChI=1S/C10H9ClO/c1-7-8-4-2-3-5-9(8)10(11)6-12-7/h2,4-6H,3H2,1H3. The molecule has 0 fully saturated rings. The lowest BCUT2D eigenvalue weighted by Crippen LogP contribution is -2.01. The van der Waals surface area contributed by atoms with E-state index in [1.165, 1.54) is 0 Å². The van der Waals surface area contributed by atoms with Crippen molar-refractivity contribution in [2.24, 2.45) is 0 Å². The average Bonchev–Trinajstić information content (AvgIpc) is 2.12. The molecule has 0 unspecified atom stereocenters. The minimum atomic E-state index is 0.694. The molecule has 1 aliphatic heterocycles. The van der Waals surface area contributed by atoms with E-state index in [2.05, 4.69) is 18.2 Å². The van der Waals surface area contributed by atoms with Crippen molar-refractivity contribution in [3.05, 3.63) is 46.4 Å². The van der Waals surface area contributed by atoms with E-state index in [-0.39, 0.29) is 0 Å². The summed E-state index contributed by atoms with van der Waals surface area (Å²) in [7, 11) is 0. The summed E-state index contributed by atoms with van der Waals surface area (Å²) in [5.74, 6) is 0.918. The van der Waals surface area contributed by atoms with Crippen LogP contribution in [0.4, 0.5) is 0 Å². The summed E-state index contributed by atoms with van der Waals surface area (Å²) in [6.45, 7) is 1.94. The molecule has 1 nitrogen and oxygen atoms in total. The van der Waals surface area contributed by atoms with Gasteiger partial charge in [-0.05, 0) is 13.3 Å². The van der Waals surface area contributed by atoms with Crippen LogP contribution in [0.3, 0.4) is 0 Å². The van der Waals surface area contributed by atoms with Gasteiger partial charge in [0.1, 0.15) is 12.0 Å². The van der Waals surface area contributed by atoms with Crippen LogP contribution in [0.1, 0.15) is 13.3 Å². The van der Waals surface area contributed by atoms with E-state index in [1.54, 1.807) is 6.26 Å². The van der Waals surface area contributed by atoms with Crippen LogP contribution in [0.15, 0.2) is 46.4 Å². The van der Waals surface area contributed by atoms with Gasteiger partial charge in [-0.15, -0.1) is 0 Å². The van der Waals surface area contributed by atoms with Crippen LogP contribution in [0.25, 0.3) is 0 Å². The fourth-order valence-corrected chi connectivity index (χ4v) is 1.60. The summed E-state index contributed by atoms with van der Waals surface area (Å²) >= 11 is 5.96. The lowest BCUT2D eigenvalue weighted by molar-refractivity contribution is 0.343. The molecule has 2 aliphatic rings. The van der Waals surface area contributed by atoms with Gasteiger partial charge < -0.3 is 4.74 Å². The number of allylic oxidation sites excluding steroid dienone is 7. The third-order valence-electron chi connectivity index (χ3n) is 2.01. The van der Waals surface area contributed by atoms with Crippen LogP contribution in [-0.2, 0) is 4.74 Å². The van der Waals surface area contributed by atoms with E-state index < -0.39 is 0 Å². The summed E-state index contributed by atoms with van der Waals surface area (Å²) in [5, 5.41) is 0.694. The van der Waals surface area contributed by atoms with Crippen molar-refractivity contribution in [3.63, 3.8) is 0 Å². The molecule has 0 aromatic heterocycles. The third-order valence-corrected chi connectivity index (χ3v) is 2.30. The highest BCUT2D eigenvalue weighted by Crippen LogP contribution is 2.33. The number of hydrogen-bond acceptors (Lipinski definition) is 1. The van der Waals surface area contributed by atoms with Gasteiger partial charge >= 0.3 is 0 Å². The Morgan fingerprint density at radius 1 is 1.50 bits per heavy atom. The SMILES string of the molecule is CC1=C2C=CCC=C2C(Cl)=CO1. The van der Waals surface area contributed by atoms with Crippen LogP contribution in [0.2, 0.25) is 0 Å². The van der Waals surface area contributed by atoms with Crippen molar-refractivity contribution in [1.29, 1.82) is 0 Å². The molecule has 12 heavy (non-hydrogen) atoms. The van der Waals surface area contributed by atoms with Gasteiger partial charge in [-0.25, -0.2) is 0 Å². The molecular formula is C10H9ClO. The number of hydrogen-bond donors (Lipinski definition) is 0. The summed E-state index contributed by atoms with van der Waals surface area (Å²) in [6.07, 6.45) is 8.81. The first-order valence-corrected chi connectivity index (χ1v) is 4.27. The second-order valence-electron chi connectivity index (χ2n) is 2.81. The molecule has 0 aromatic rings. The Labute approximate surface area is 76.7 Å². The molecule has 1 heterocycles. The Balaban J connectivity index is 2.48. The Morgan fingerprint density at radius 2 is 2.33 bits per heavy atom. The first-order chi connectivity index (χ1) is 5.79. The fraction of sp³-hybridized carbons (Fsp3) is 0.200. The Morgan fingerprint density at radius 3 is 3.08 bits per heavy atom. The Bertz CT molecular complexity index is 332. The molecule has 62 valence electrons. The smallest absolute Gasteiger partial charge is 0.110 e. The maximum Gasteiger partial charge on any atom is 0.110 e. The zero-order valence-electron chi connectivity index (χ0n) is 6.80. The van der Waals surface area contributed by atoms with Crippen LogP contribution in [-0.4, -0.2) is 0 Å². The maximum atomic E-state index is 5.96. The van der Waals surface area contributed by atoms with Crippen molar-refractivity contribution in [2.75, 3.05) is 0 Å². The molecule has 0 aromatic carbocycles. The van der Waals surface area contributed by atoms with Gasteiger partial charge in [-0.1, -0.05) is 29.8 Å². The van der Waals surface area contributed by atoms with Gasteiger partial charge in [0.05, 0.1) is 5.03 Å². The minimum absolute atomic E-state index is 0.694. The van der Waals surface area contributed by atoms with Gasteiger partial charge in [0.25, 0.3) is 0 Å². The average molecular weight is 181 g/mol. The highest BCUT2D eigenvalue weighted by atomic mass is 35.5. The number of rotatable bonds is 0. The first-order valence-electron chi connectivity index (χ1n) is 3.89. The highest BCUT2D eigenvalue weighted by molar-refractivity contribution is 6.32. The second kappa shape index (κ2) is 2.83. The van der Waals surface area contributed by atoms with Crippen LogP contribution in [0.5, 0.6) is 0 Å². The fourth-order valence-electron chi connectivity index (χ4n) is 1.37. The molecule has 2 heteroatoms. The van der Waals surface area contributed by atoms with E-state index >= 15 is 0 Å². The van der Waals surface area contributed by atoms with Crippen LogP contribution >= 0.6 is 11.6 Å². The largest absolute Gasteiger partial charge is 0.467 e. The minimum Gasteiger partial charge on any atom is -0.467 e. The van der Waals surface area contributed by atoms with Gasteiger partial charge in [0.2, 0.25) is 0 Å². The zero-order valence-corrected chi connectivity index (χ0v) is 7.56. The van der Waals surface area contributed by atoms with Crippen molar-refractivity contribution in [3.8, 4) is 0 Å². The summed E-state index contributed by atoms with van der Waals surface area (Å²) in [4.78, 5) is 0. The predicted octanol–water partition coefficient (Wildman–Crippen LogP) is 3.26. The third kappa shape index (κ3) is 1.10. The predicted molar refractivity (Wildman–Crippen MR) is 49.6 cm³/mol. The molecule has 0 atom stereocenters. The Kier molecular flexibility index (Phi) is 1.81. The molecule has 2 rings (SSSR count). The van der Waals surface area contributed by atoms with E-state index in [1.807, 2.05) is 6.92 Å². The zero-order chi connectivity index (χ0) is 8.55. The van der Waals surface area contributed by atoms with Gasteiger partial charge in [-0.2, -0.15) is 0 Å². The van der Waals surface area contributed by atoms with E-state index in [0.29, 0.717) is 5.03 Å². The quantitative estimate of drug-likeness (QED) is 0.556. The van der Waals surface area contributed by atoms with Crippen molar-refractivity contribution < 1.29 is 4.74 Å². The summed E-state index contributed by atoms with van der Waals surface area (Å²) in [6, 6.07) is 0. The van der Waals surface area contributed by atoms with Crippen molar-refractivity contribution >= 4 is 11.6 Å². The van der Waals surface area contributed by atoms with E-state index in [0.717, 1.165) is 23.3 Å².